The summed E-state index contributed by atoms with van der Waals surface area (Å²) < 4.78 is 5.23. The number of amides is 3. The molecule has 180 valence electrons. The summed E-state index contributed by atoms with van der Waals surface area (Å²) in [6.45, 7) is 7.31. The van der Waals surface area contributed by atoms with Crippen LogP contribution in [0.5, 0.6) is 0 Å². The molecular weight excluding hydrogens is 418 g/mol. The van der Waals surface area contributed by atoms with E-state index < -0.39 is 17.7 Å². The zero-order valence-electron chi connectivity index (χ0n) is 20.3. The molecule has 1 aromatic carbocycles. The number of terminal acetylenes is 1. The number of ether oxygens (including phenoxy) is 1. The molecule has 2 N–H and O–H groups in total. The number of carbonyl (C=O) groups is 3. The molecule has 7 nitrogen and oxygen atoms in total. The second-order valence-corrected chi connectivity index (χ2v) is 9.45. The summed E-state index contributed by atoms with van der Waals surface area (Å²) in [6.07, 6.45) is 10.7. The topological polar surface area (TPSA) is 87.7 Å². The molecule has 1 unspecified atom stereocenters. The van der Waals surface area contributed by atoms with Gasteiger partial charge in [0.05, 0.1) is 0 Å². The highest BCUT2D eigenvalue weighted by Gasteiger charge is 2.32. The van der Waals surface area contributed by atoms with Crippen molar-refractivity contribution in [2.75, 3.05) is 13.1 Å². The Morgan fingerprint density at radius 1 is 1.15 bits per heavy atom. The van der Waals surface area contributed by atoms with Crippen LogP contribution in [-0.2, 0) is 14.3 Å². The van der Waals surface area contributed by atoms with Crippen LogP contribution in [0.15, 0.2) is 24.3 Å². The average molecular weight is 456 g/mol. The van der Waals surface area contributed by atoms with Crippen molar-refractivity contribution in [3.63, 3.8) is 0 Å². The first-order chi connectivity index (χ1) is 15.6. The lowest BCUT2D eigenvalue weighted by atomic mass is 9.94. The van der Waals surface area contributed by atoms with Crippen LogP contribution < -0.4 is 10.6 Å². The third-order valence-corrected chi connectivity index (χ3v) is 5.47. The summed E-state index contributed by atoms with van der Waals surface area (Å²) in [5.74, 6) is 2.01. The minimum atomic E-state index is -0.813. The van der Waals surface area contributed by atoms with Crippen LogP contribution in [-0.4, -0.2) is 47.5 Å². The van der Waals surface area contributed by atoms with E-state index in [0.717, 1.165) is 25.7 Å². The Hall–Kier alpha value is -3.01. The molecule has 1 aliphatic carbocycles. The van der Waals surface area contributed by atoms with E-state index in [0.29, 0.717) is 24.1 Å². The molecule has 0 saturated heterocycles. The smallest absolute Gasteiger partial charge is 0.408 e. The summed E-state index contributed by atoms with van der Waals surface area (Å²) in [4.78, 5) is 40.2. The molecule has 1 atom stereocenters. The van der Waals surface area contributed by atoms with Gasteiger partial charge in [-0.25, -0.2) is 4.79 Å². The van der Waals surface area contributed by atoms with Gasteiger partial charge in [0.1, 0.15) is 18.2 Å². The summed E-state index contributed by atoms with van der Waals surface area (Å²) in [6, 6.07) is 6.41. The summed E-state index contributed by atoms with van der Waals surface area (Å²) in [5.41, 5.74) is 0.712. The minimum absolute atomic E-state index is 0.109. The molecule has 0 bridgehead atoms. The maximum Gasteiger partial charge on any atom is 0.408 e. The molecule has 0 radical (unpaired) electrons. The standard InChI is InChI=1S/C26H37N3O4/c1-6-17-29(22(30)18-27-25(32)33-26(3,4)5)23(20-15-13-19(7-2)14-16-20)24(31)28-21-11-9-8-10-12-21/h2,13-16,21,23H,6,8-12,17-18H2,1,3-5H3,(H,27,32)(H,28,31). The zero-order valence-corrected chi connectivity index (χ0v) is 20.3. The molecule has 1 fully saturated rings. The first-order valence-electron chi connectivity index (χ1n) is 11.8. The van der Waals surface area contributed by atoms with E-state index in [-0.39, 0.29) is 24.4 Å². The third kappa shape index (κ3) is 8.45. The number of nitrogens with zero attached hydrogens (tertiary/aromatic N) is 1. The molecule has 7 heteroatoms. The lowest BCUT2D eigenvalue weighted by molar-refractivity contribution is -0.140. The maximum atomic E-state index is 13.5. The maximum absolute atomic E-state index is 13.5. The van der Waals surface area contributed by atoms with Crippen molar-refractivity contribution in [1.82, 2.24) is 15.5 Å². The lowest BCUT2D eigenvalue weighted by Gasteiger charge is -2.33. The number of benzene rings is 1. The second-order valence-electron chi connectivity index (χ2n) is 9.45. The van der Waals surface area contributed by atoms with E-state index in [1.165, 1.54) is 11.3 Å². The second kappa shape index (κ2) is 12.3. The highest BCUT2D eigenvalue weighted by Crippen LogP contribution is 2.25. The Morgan fingerprint density at radius 3 is 2.33 bits per heavy atom. The molecule has 3 amide bonds. The predicted octanol–water partition coefficient (Wildman–Crippen LogP) is 3.92. The number of carbonyl (C=O) groups excluding carboxylic acids is 3. The van der Waals surface area contributed by atoms with Gasteiger partial charge in [-0.2, -0.15) is 0 Å². The highest BCUT2D eigenvalue weighted by atomic mass is 16.6. The van der Waals surface area contributed by atoms with E-state index in [9.17, 15) is 14.4 Å². The van der Waals surface area contributed by atoms with Crippen LogP contribution in [0.2, 0.25) is 0 Å². The van der Waals surface area contributed by atoms with Crippen molar-refractivity contribution in [2.45, 2.75) is 83.9 Å². The Balaban J connectivity index is 2.25. The van der Waals surface area contributed by atoms with Crippen LogP contribution in [0.4, 0.5) is 4.79 Å². The van der Waals surface area contributed by atoms with Gasteiger partial charge in [0.15, 0.2) is 0 Å². The van der Waals surface area contributed by atoms with Gasteiger partial charge in [0.25, 0.3) is 0 Å². The van der Waals surface area contributed by atoms with E-state index in [1.807, 2.05) is 6.92 Å². The van der Waals surface area contributed by atoms with Gasteiger partial charge >= 0.3 is 6.09 Å². The fraction of sp³-hybridized carbons (Fsp3) is 0.577. The number of alkyl carbamates (subject to hydrolysis) is 1. The first-order valence-corrected chi connectivity index (χ1v) is 11.8. The Bertz CT molecular complexity index is 846. The molecular formula is C26H37N3O4. The van der Waals surface area contributed by atoms with Crippen LogP contribution >= 0.6 is 0 Å². The minimum Gasteiger partial charge on any atom is -0.444 e. The van der Waals surface area contributed by atoms with Crippen LogP contribution in [0.3, 0.4) is 0 Å². The van der Waals surface area contributed by atoms with Gasteiger partial charge < -0.3 is 20.3 Å². The normalized spacial score (nSPS) is 15.1. The Labute approximate surface area is 197 Å². The van der Waals surface area contributed by atoms with Crippen molar-refractivity contribution >= 4 is 17.9 Å². The van der Waals surface area contributed by atoms with E-state index in [2.05, 4.69) is 16.6 Å². The molecule has 1 saturated carbocycles. The molecule has 1 aliphatic rings. The Kier molecular flexibility index (Phi) is 9.77. The molecule has 0 aliphatic heterocycles. The molecule has 0 heterocycles. The molecule has 0 spiro atoms. The monoisotopic (exact) mass is 455 g/mol. The van der Waals surface area contributed by atoms with Crippen molar-refractivity contribution in [3.05, 3.63) is 35.4 Å². The van der Waals surface area contributed by atoms with Gasteiger partial charge in [-0.15, -0.1) is 6.42 Å². The van der Waals surface area contributed by atoms with Crippen molar-refractivity contribution in [1.29, 1.82) is 0 Å². The summed E-state index contributed by atoms with van der Waals surface area (Å²) in [7, 11) is 0. The highest BCUT2D eigenvalue weighted by molar-refractivity contribution is 5.90. The number of hydrogen-bond acceptors (Lipinski definition) is 4. The predicted molar refractivity (Wildman–Crippen MR) is 128 cm³/mol. The third-order valence-electron chi connectivity index (χ3n) is 5.47. The van der Waals surface area contributed by atoms with E-state index >= 15 is 0 Å². The van der Waals surface area contributed by atoms with Crippen molar-refractivity contribution in [3.8, 4) is 12.3 Å². The lowest BCUT2D eigenvalue weighted by Crippen LogP contribution is -2.50. The van der Waals surface area contributed by atoms with E-state index in [1.54, 1.807) is 45.0 Å². The summed E-state index contributed by atoms with van der Waals surface area (Å²) >= 11 is 0. The van der Waals surface area contributed by atoms with Gasteiger partial charge in [-0.05, 0) is 57.7 Å². The molecule has 1 aromatic rings. The van der Waals surface area contributed by atoms with Crippen LogP contribution in [0.1, 0.15) is 83.4 Å². The van der Waals surface area contributed by atoms with Gasteiger partial charge in [0.2, 0.25) is 11.8 Å². The SMILES string of the molecule is C#Cc1ccc(C(C(=O)NC2CCCCC2)N(CCC)C(=O)CNC(=O)OC(C)(C)C)cc1. The summed E-state index contributed by atoms with van der Waals surface area (Å²) in [5, 5.41) is 5.66. The fourth-order valence-corrected chi connectivity index (χ4v) is 3.96. The number of nitrogens with one attached hydrogen (secondary N) is 2. The van der Waals surface area contributed by atoms with Crippen LogP contribution in [0, 0.1) is 12.3 Å². The van der Waals surface area contributed by atoms with Crippen LogP contribution in [0.25, 0.3) is 0 Å². The molecule has 2 rings (SSSR count). The van der Waals surface area contributed by atoms with E-state index in [4.69, 9.17) is 11.2 Å². The fourth-order valence-electron chi connectivity index (χ4n) is 3.96. The van der Waals surface area contributed by atoms with Gasteiger partial charge in [0, 0.05) is 18.2 Å². The van der Waals surface area contributed by atoms with Crippen molar-refractivity contribution < 1.29 is 19.1 Å². The Morgan fingerprint density at radius 2 is 1.79 bits per heavy atom. The van der Waals surface area contributed by atoms with Crippen molar-refractivity contribution in [2.24, 2.45) is 0 Å². The number of rotatable bonds is 8. The number of hydrogen-bond donors (Lipinski definition) is 2. The zero-order chi connectivity index (χ0) is 24.4. The first kappa shape index (κ1) is 26.2. The largest absolute Gasteiger partial charge is 0.444 e. The quantitative estimate of drug-likeness (QED) is 0.582. The van der Waals surface area contributed by atoms with Gasteiger partial charge in [-0.3, -0.25) is 9.59 Å². The molecule has 33 heavy (non-hydrogen) atoms. The molecule has 0 aromatic heterocycles. The average Bonchev–Trinajstić information content (AvgIpc) is 2.77. The van der Waals surface area contributed by atoms with Gasteiger partial charge in [-0.1, -0.05) is 44.2 Å².